The van der Waals surface area contributed by atoms with Gasteiger partial charge in [0, 0.05) is 11.8 Å². The smallest absolute Gasteiger partial charge is 0.329 e. The van der Waals surface area contributed by atoms with Gasteiger partial charge in [0.2, 0.25) is 0 Å². The second-order valence-corrected chi connectivity index (χ2v) is 7.38. The first kappa shape index (κ1) is 15.9. The zero-order valence-electron chi connectivity index (χ0n) is 12.7. The summed E-state index contributed by atoms with van der Waals surface area (Å²) in [7, 11) is 0. The molecule has 1 aliphatic rings. The minimum Gasteiger partial charge on any atom is -0.508 e. The van der Waals surface area contributed by atoms with Gasteiger partial charge in [-0.1, -0.05) is 0 Å². The summed E-state index contributed by atoms with van der Waals surface area (Å²) in [5, 5.41) is 19.8. The van der Waals surface area contributed by atoms with Crippen LogP contribution in [-0.4, -0.2) is 38.0 Å². The van der Waals surface area contributed by atoms with Crippen molar-refractivity contribution >= 4 is 44.3 Å². The molecule has 0 spiro atoms. The first-order chi connectivity index (χ1) is 12.1. The van der Waals surface area contributed by atoms with E-state index in [-0.39, 0.29) is 5.75 Å². The first-order valence-electron chi connectivity index (χ1n) is 7.40. The fourth-order valence-electron chi connectivity index (χ4n) is 2.33. The molecular weight excluding hydrogens is 360 g/mol. The molecule has 1 atom stereocenters. The molecule has 0 fully saturated rings. The van der Waals surface area contributed by atoms with E-state index in [2.05, 4.69) is 9.98 Å². The molecule has 2 N–H and O–H groups in total. The molecule has 0 aliphatic carbocycles. The Hall–Kier alpha value is -2.58. The van der Waals surface area contributed by atoms with Crippen LogP contribution in [0.3, 0.4) is 0 Å². The van der Waals surface area contributed by atoms with E-state index in [4.69, 9.17) is 9.84 Å². The molecule has 0 saturated carbocycles. The molecule has 0 radical (unpaired) electrons. The van der Waals surface area contributed by atoms with Crippen molar-refractivity contribution in [1.29, 1.82) is 0 Å². The van der Waals surface area contributed by atoms with Crippen molar-refractivity contribution in [3.63, 3.8) is 0 Å². The molecule has 1 unspecified atom stereocenters. The van der Waals surface area contributed by atoms with E-state index >= 15 is 0 Å². The highest BCUT2D eigenvalue weighted by molar-refractivity contribution is 8.15. The lowest BCUT2D eigenvalue weighted by Gasteiger charge is -2.05. The molecule has 126 valence electrons. The Morgan fingerprint density at radius 2 is 1.92 bits per heavy atom. The van der Waals surface area contributed by atoms with Crippen LogP contribution in [-0.2, 0) is 4.79 Å². The maximum Gasteiger partial charge on any atom is 0.329 e. The molecule has 2 heterocycles. The van der Waals surface area contributed by atoms with Gasteiger partial charge >= 0.3 is 5.97 Å². The number of fused-ring (bicyclic) bond motifs is 1. The van der Waals surface area contributed by atoms with Gasteiger partial charge in [-0.2, -0.15) is 0 Å². The molecule has 0 bridgehead atoms. The number of thiazole rings is 1. The Kier molecular flexibility index (Phi) is 4.06. The molecule has 0 amide bonds. The zero-order chi connectivity index (χ0) is 17.4. The summed E-state index contributed by atoms with van der Waals surface area (Å²) < 4.78 is 6.72. The number of ether oxygens (including phenoxy) is 1. The lowest BCUT2D eigenvalue weighted by atomic mass is 10.3. The SMILES string of the molecule is O=C(O)C1CSC(c2nc3ccc(Oc4ccc(O)cc4)cc3s2)=N1. The van der Waals surface area contributed by atoms with Crippen LogP contribution in [0.4, 0.5) is 0 Å². The molecule has 8 heteroatoms. The van der Waals surface area contributed by atoms with Crippen LogP contribution in [0.5, 0.6) is 17.2 Å². The van der Waals surface area contributed by atoms with Gasteiger partial charge in [-0.15, -0.1) is 23.1 Å². The fourth-order valence-corrected chi connectivity index (χ4v) is 4.42. The predicted octanol–water partition coefficient (Wildman–Crippen LogP) is 3.74. The highest BCUT2D eigenvalue weighted by atomic mass is 32.2. The topological polar surface area (TPSA) is 92.0 Å². The van der Waals surface area contributed by atoms with Gasteiger partial charge in [0.1, 0.15) is 27.3 Å². The fraction of sp³-hybridized carbons (Fsp3) is 0.118. The Labute approximate surface area is 150 Å². The minimum absolute atomic E-state index is 0.185. The molecule has 0 saturated heterocycles. The molecule has 3 aromatic rings. The average Bonchev–Trinajstić information content (AvgIpc) is 3.23. The van der Waals surface area contributed by atoms with E-state index < -0.39 is 12.0 Å². The summed E-state index contributed by atoms with van der Waals surface area (Å²) in [6, 6.07) is 11.4. The summed E-state index contributed by atoms with van der Waals surface area (Å²) in [5.41, 5.74) is 0.820. The van der Waals surface area contributed by atoms with Gasteiger partial charge in [-0.3, -0.25) is 4.99 Å². The number of carboxylic acid groups (broad SMARTS) is 1. The maximum absolute atomic E-state index is 11.0. The Balaban J connectivity index is 1.60. The number of benzene rings is 2. The van der Waals surface area contributed by atoms with Gasteiger partial charge in [0.25, 0.3) is 0 Å². The van der Waals surface area contributed by atoms with Crippen molar-refractivity contribution in [3.8, 4) is 17.2 Å². The number of aromatic nitrogens is 1. The maximum atomic E-state index is 11.0. The number of nitrogens with zero attached hydrogens (tertiary/aromatic N) is 2. The quantitative estimate of drug-likeness (QED) is 0.725. The molecular formula is C17H12N2O4S2. The van der Waals surface area contributed by atoms with Crippen molar-refractivity contribution in [2.75, 3.05) is 5.75 Å². The summed E-state index contributed by atoms with van der Waals surface area (Å²) in [6.45, 7) is 0. The van der Waals surface area contributed by atoms with E-state index in [1.807, 2.05) is 18.2 Å². The summed E-state index contributed by atoms with van der Waals surface area (Å²) >= 11 is 2.88. The first-order valence-corrected chi connectivity index (χ1v) is 9.20. The molecule has 1 aliphatic heterocycles. The normalized spacial score (nSPS) is 16.8. The number of aliphatic carboxylic acids is 1. The lowest BCUT2D eigenvalue weighted by Crippen LogP contribution is -2.17. The van der Waals surface area contributed by atoms with E-state index in [1.165, 1.54) is 23.1 Å². The summed E-state index contributed by atoms with van der Waals surface area (Å²) in [5.74, 6) is 1.01. The van der Waals surface area contributed by atoms with Crippen molar-refractivity contribution in [2.24, 2.45) is 4.99 Å². The zero-order valence-corrected chi connectivity index (χ0v) is 14.4. The third-order valence-corrected chi connectivity index (χ3v) is 5.76. The number of aromatic hydroxyl groups is 1. The number of carbonyl (C=O) groups is 1. The summed E-state index contributed by atoms with van der Waals surface area (Å²) in [4.78, 5) is 19.8. The molecule has 6 nitrogen and oxygen atoms in total. The van der Waals surface area contributed by atoms with Crippen LogP contribution in [0.2, 0.25) is 0 Å². The monoisotopic (exact) mass is 372 g/mol. The van der Waals surface area contributed by atoms with Gasteiger partial charge in [-0.05, 0) is 36.4 Å². The number of phenols is 1. The van der Waals surface area contributed by atoms with Crippen molar-refractivity contribution in [3.05, 3.63) is 47.5 Å². The van der Waals surface area contributed by atoms with Gasteiger partial charge in [0.05, 0.1) is 10.2 Å². The van der Waals surface area contributed by atoms with Crippen LogP contribution in [0.15, 0.2) is 47.5 Å². The van der Waals surface area contributed by atoms with Crippen molar-refractivity contribution in [1.82, 2.24) is 4.98 Å². The van der Waals surface area contributed by atoms with Crippen LogP contribution < -0.4 is 4.74 Å². The minimum atomic E-state index is -0.909. The third kappa shape index (κ3) is 3.31. The number of thioether (sulfide) groups is 1. The Morgan fingerprint density at radius 3 is 2.64 bits per heavy atom. The van der Waals surface area contributed by atoms with Gasteiger partial charge < -0.3 is 14.9 Å². The molecule has 4 rings (SSSR count). The van der Waals surface area contributed by atoms with Crippen LogP contribution in [0, 0.1) is 0 Å². The van der Waals surface area contributed by atoms with E-state index in [0.29, 0.717) is 22.3 Å². The average molecular weight is 372 g/mol. The van der Waals surface area contributed by atoms with E-state index in [9.17, 15) is 9.90 Å². The molecule has 25 heavy (non-hydrogen) atoms. The highest BCUT2D eigenvalue weighted by Gasteiger charge is 2.26. The second kappa shape index (κ2) is 6.38. The van der Waals surface area contributed by atoms with E-state index in [1.54, 1.807) is 24.3 Å². The largest absolute Gasteiger partial charge is 0.508 e. The van der Waals surface area contributed by atoms with Gasteiger partial charge in [0.15, 0.2) is 6.04 Å². The Bertz CT molecular complexity index is 982. The van der Waals surface area contributed by atoms with Crippen LogP contribution in [0.25, 0.3) is 10.2 Å². The van der Waals surface area contributed by atoms with Crippen molar-refractivity contribution < 1.29 is 19.7 Å². The second-order valence-electron chi connectivity index (χ2n) is 5.34. The summed E-state index contributed by atoms with van der Waals surface area (Å²) in [6.07, 6.45) is 0. The van der Waals surface area contributed by atoms with Crippen LogP contribution in [0.1, 0.15) is 5.01 Å². The number of rotatable bonds is 4. The van der Waals surface area contributed by atoms with Crippen LogP contribution >= 0.6 is 23.1 Å². The lowest BCUT2D eigenvalue weighted by molar-refractivity contribution is -0.137. The number of aliphatic imine (C=N–C) groups is 1. The standard InChI is InChI=1S/C17H12N2O4S2/c20-9-1-3-10(4-2-9)23-11-5-6-12-14(7-11)25-16(18-12)15-19-13(8-24-15)17(21)22/h1-7,13,20H,8H2,(H,21,22). The number of phenolic OH excluding ortho intramolecular Hbond substituents is 1. The third-order valence-electron chi connectivity index (χ3n) is 3.55. The van der Waals surface area contributed by atoms with Crippen molar-refractivity contribution in [2.45, 2.75) is 6.04 Å². The number of carboxylic acids is 1. The van der Waals surface area contributed by atoms with Gasteiger partial charge in [-0.25, -0.2) is 9.78 Å². The molecule has 1 aromatic heterocycles. The number of hydrogen-bond acceptors (Lipinski definition) is 7. The predicted molar refractivity (Wildman–Crippen MR) is 98.2 cm³/mol. The number of hydrogen-bond donors (Lipinski definition) is 2. The highest BCUT2D eigenvalue weighted by Crippen LogP contribution is 2.33. The molecule has 2 aromatic carbocycles. The van der Waals surface area contributed by atoms with E-state index in [0.717, 1.165) is 15.2 Å². The Morgan fingerprint density at radius 1 is 1.16 bits per heavy atom.